The fourth-order valence-electron chi connectivity index (χ4n) is 3.66. The number of hydrogen-bond acceptors (Lipinski definition) is 0. The van der Waals surface area contributed by atoms with Crippen molar-refractivity contribution in [1.82, 2.24) is 0 Å². The molecule has 0 unspecified atom stereocenters. The molecular formula is C24H52BrP. The predicted molar refractivity (Wildman–Crippen MR) is 123 cm³/mol. The normalized spacial score (nSPS) is 11.5. The molecule has 0 aromatic heterocycles. The molecule has 160 valence electrons. The van der Waals surface area contributed by atoms with E-state index in [0.29, 0.717) is 0 Å². The molecule has 0 radical (unpaired) electrons. The minimum atomic E-state index is -0.508. The fourth-order valence-corrected chi connectivity index (χ4v) is 4.84. The van der Waals surface area contributed by atoms with Crippen molar-refractivity contribution >= 4 is 7.26 Å². The van der Waals surface area contributed by atoms with E-state index >= 15 is 0 Å². The molecule has 0 bridgehead atoms. The van der Waals surface area contributed by atoms with Gasteiger partial charge in [-0.3, -0.25) is 0 Å². The number of rotatable bonds is 20. The first-order valence-corrected chi connectivity index (χ1v) is 15.2. The quantitative estimate of drug-likeness (QED) is 0.150. The highest BCUT2D eigenvalue weighted by Crippen LogP contribution is 2.47. The molecule has 0 aliphatic rings. The third kappa shape index (κ3) is 27.1. The highest BCUT2D eigenvalue weighted by atomic mass is 79.9. The lowest BCUT2D eigenvalue weighted by Gasteiger charge is -2.10. The second-order valence-corrected chi connectivity index (χ2v) is 14.4. The molecule has 0 saturated heterocycles. The second-order valence-electron chi connectivity index (χ2n) is 9.38. The molecule has 0 aliphatic heterocycles. The summed E-state index contributed by atoms with van der Waals surface area (Å²) in [5.41, 5.74) is 0. The van der Waals surface area contributed by atoms with Crippen molar-refractivity contribution in [2.45, 2.75) is 129 Å². The molecule has 0 saturated carbocycles. The average Bonchev–Trinajstić information content (AvgIpc) is 2.56. The third-order valence-corrected chi connectivity index (χ3v) is 7.09. The summed E-state index contributed by atoms with van der Waals surface area (Å²) in [6.07, 6.45) is 29.6. The van der Waals surface area contributed by atoms with E-state index in [0.717, 1.165) is 0 Å². The Labute approximate surface area is 179 Å². The van der Waals surface area contributed by atoms with Crippen molar-refractivity contribution in [2.24, 2.45) is 0 Å². The van der Waals surface area contributed by atoms with Gasteiger partial charge in [-0.25, -0.2) is 0 Å². The standard InChI is InChI=1S/C24H52P.BrH/c1-5-6-7-8-9-10-11-12-13-14-15-16-17-18-19-20-21-22-23-24-25(2,3)4;/h5-24H2,1-4H3;1H/q+1;/p-1. The van der Waals surface area contributed by atoms with Crippen molar-refractivity contribution < 1.29 is 17.0 Å². The van der Waals surface area contributed by atoms with Gasteiger partial charge in [0.05, 0.1) is 6.16 Å². The molecular weight excluding hydrogens is 399 g/mol. The highest BCUT2D eigenvalue weighted by Gasteiger charge is 2.15. The monoisotopic (exact) mass is 450 g/mol. The van der Waals surface area contributed by atoms with Crippen LogP contribution in [0.3, 0.4) is 0 Å². The van der Waals surface area contributed by atoms with Crippen LogP contribution >= 0.6 is 7.26 Å². The summed E-state index contributed by atoms with van der Waals surface area (Å²) in [5, 5.41) is 0. The summed E-state index contributed by atoms with van der Waals surface area (Å²) in [5.74, 6) is 0. The Morgan fingerprint density at radius 2 is 0.615 bits per heavy atom. The molecule has 0 fully saturated rings. The zero-order valence-electron chi connectivity index (χ0n) is 19.0. The van der Waals surface area contributed by atoms with Crippen LogP contribution in [0.25, 0.3) is 0 Å². The predicted octanol–water partition coefficient (Wildman–Crippen LogP) is 6.33. The van der Waals surface area contributed by atoms with Crippen LogP contribution < -0.4 is 17.0 Å². The minimum Gasteiger partial charge on any atom is -1.00 e. The second kappa shape index (κ2) is 22.2. The lowest BCUT2D eigenvalue weighted by atomic mass is 10.0. The summed E-state index contributed by atoms with van der Waals surface area (Å²) in [6, 6.07) is 0. The molecule has 2 heteroatoms. The average molecular weight is 452 g/mol. The Kier molecular flexibility index (Phi) is 24.9. The molecule has 0 heterocycles. The summed E-state index contributed by atoms with van der Waals surface area (Å²) in [6.45, 7) is 9.72. The van der Waals surface area contributed by atoms with Gasteiger partial charge in [0.25, 0.3) is 0 Å². The van der Waals surface area contributed by atoms with Crippen molar-refractivity contribution in [2.75, 3.05) is 26.2 Å². The third-order valence-electron chi connectivity index (χ3n) is 5.43. The van der Waals surface area contributed by atoms with Gasteiger partial charge < -0.3 is 17.0 Å². The maximum atomic E-state index is 2.47. The number of halogens is 1. The van der Waals surface area contributed by atoms with Crippen molar-refractivity contribution in [3.63, 3.8) is 0 Å². The van der Waals surface area contributed by atoms with Gasteiger partial charge in [0, 0.05) is 27.3 Å². The van der Waals surface area contributed by atoms with E-state index in [2.05, 4.69) is 26.9 Å². The molecule has 0 atom stereocenters. The molecule has 0 spiro atoms. The summed E-state index contributed by atoms with van der Waals surface area (Å²) >= 11 is 0. The number of hydrogen-bond donors (Lipinski definition) is 0. The Bertz CT molecular complexity index is 247. The van der Waals surface area contributed by atoms with Crippen molar-refractivity contribution in [3.05, 3.63) is 0 Å². The van der Waals surface area contributed by atoms with Crippen LogP contribution in [0.5, 0.6) is 0 Å². The van der Waals surface area contributed by atoms with Crippen LogP contribution in [-0.2, 0) is 0 Å². The molecule has 0 N–H and O–H groups in total. The molecule has 0 aromatic carbocycles. The molecule has 0 aromatic rings. The minimum absolute atomic E-state index is 0. The Balaban J connectivity index is 0. The first-order valence-electron chi connectivity index (χ1n) is 11.9. The van der Waals surface area contributed by atoms with Crippen LogP contribution in [0.2, 0.25) is 0 Å². The van der Waals surface area contributed by atoms with Crippen molar-refractivity contribution in [1.29, 1.82) is 0 Å². The van der Waals surface area contributed by atoms with Crippen molar-refractivity contribution in [3.8, 4) is 0 Å². The first kappa shape index (κ1) is 29.1. The van der Waals surface area contributed by atoms with Crippen LogP contribution in [0.1, 0.15) is 129 Å². The zero-order valence-corrected chi connectivity index (χ0v) is 21.4. The SMILES string of the molecule is CCCCCCCCCCCCCCCCCCCCC[P+](C)(C)C.[Br-]. The lowest BCUT2D eigenvalue weighted by Crippen LogP contribution is -3.00. The topological polar surface area (TPSA) is 0 Å². The van der Waals surface area contributed by atoms with Gasteiger partial charge in [-0.05, 0) is 12.8 Å². The van der Waals surface area contributed by atoms with Gasteiger partial charge in [0.1, 0.15) is 0 Å². The zero-order chi connectivity index (χ0) is 18.6. The Morgan fingerprint density at radius 3 is 0.846 bits per heavy atom. The molecule has 0 amide bonds. The lowest BCUT2D eigenvalue weighted by molar-refractivity contribution is -0.00000587. The van der Waals surface area contributed by atoms with Gasteiger partial charge in [-0.2, -0.15) is 0 Å². The van der Waals surface area contributed by atoms with Crippen LogP contribution in [0.15, 0.2) is 0 Å². The van der Waals surface area contributed by atoms with E-state index in [1.54, 1.807) is 0 Å². The molecule has 0 rings (SSSR count). The molecule has 26 heavy (non-hydrogen) atoms. The molecule has 0 nitrogen and oxygen atoms in total. The fraction of sp³-hybridized carbons (Fsp3) is 1.00. The van der Waals surface area contributed by atoms with Gasteiger partial charge in [0.2, 0.25) is 0 Å². The van der Waals surface area contributed by atoms with Gasteiger partial charge in [-0.15, -0.1) is 0 Å². The van der Waals surface area contributed by atoms with Crippen LogP contribution in [0, 0.1) is 0 Å². The largest absolute Gasteiger partial charge is 1.00 e. The highest BCUT2D eigenvalue weighted by molar-refractivity contribution is 7.73. The Hall–Kier alpha value is 0.910. The van der Waals surface area contributed by atoms with Crippen LogP contribution in [-0.4, -0.2) is 26.2 Å². The van der Waals surface area contributed by atoms with Gasteiger partial charge in [-0.1, -0.05) is 116 Å². The van der Waals surface area contributed by atoms with E-state index in [1.165, 1.54) is 128 Å². The van der Waals surface area contributed by atoms with E-state index in [4.69, 9.17) is 0 Å². The van der Waals surface area contributed by atoms with E-state index in [9.17, 15) is 0 Å². The maximum Gasteiger partial charge on any atom is 0.0586 e. The number of unbranched alkanes of at least 4 members (excludes halogenated alkanes) is 18. The maximum absolute atomic E-state index is 2.47. The summed E-state index contributed by atoms with van der Waals surface area (Å²) in [4.78, 5) is 0. The molecule has 0 aliphatic carbocycles. The van der Waals surface area contributed by atoms with Crippen LogP contribution in [0.4, 0.5) is 0 Å². The summed E-state index contributed by atoms with van der Waals surface area (Å²) < 4.78 is 0. The Morgan fingerprint density at radius 1 is 0.385 bits per heavy atom. The van der Waals surface area contributed by atoms with E-state index in [1.807, 2.05) is 0 Å². The van der Waals surface area contributed by atoms with Gasteiger partial charge >= 0.3 is 0 Å². The van der Waals surface area contributed by atoms with E-state index in [-0.39, 0.29) is 17.0 Å². The smallest absolute Gasteiger partial charge is 0.0586 e. The van der Waals surface area contributed by atoms with E-state index < -0.39 is 7.26 Å². The summed E-state index contributed by atoms with van der Waals surface area (Å²) in [7, 11) is -0.508. The first-order chi connectivity index (χ1) is 12.1. The van der Waals surface area contributed by atoms with Gasteiger partial charge in [0.15, 0.2) is 0 Å².